The highest BCUT2D eigenvalue weighted by atomic mass is 79.9. The van der Waals surface area contributed by atoms with Crippen LogP contribution in [-0.4, -0.2) is 23.8 Å². The van der Waals surface area contributed by atoms with Gasteiger partial charge in [0.2, 0.25) is 0 Å². The molecule has 0 bridgehead atoms. The largest absolute Gasteiger partial charge is 0.481 e. The van der Waals surface area contributed by atoms with Gasteiger partial charge in [-0.15, -0.1) is 0 Å². The zero-order valence-electron chi connectivity index (χ0n) is 19.5. The number of hydrogen-bond acceptors (Lipinski definition) is 3. The molecule has 1 spiro atoms. The van der Waals surface area contributed by atoms with E-state index in [0.29, 0.717) is 12.8 Å². The van der Waals surface area contributed by atoms with Gasteiger partial charge in [0.1, 0.15) is 5.66 Å². The Hall–Kier alpha value is -2.79. The molecule has 1 aliphatic carbocycles. The summed E-state index contributed by atoms with van der Waals surface area (Å²) in [7, 11) is 2.20. The second-order valence-corrected chi connectivity index (χ2v) is 10.7. The molecule has 4 nitrogen and oxygen atoms in total. The van der Waals surface area contributed by atoms with E-state index in [4.69, 9.17) is 0 Å². The normalized spacial score (nSPS) is 25.8. The number of aliphatic carboxylic acids is 1. The molecular formula is C29H31BrN2O2. The van der Waals surface area contributed by atoms with E-state index in [1.165, 1.54) is 16.8 Å². The zero-order valence-corrected chi connectivity index (χ0v) is 21.1. The van der Waals surface area contributed by atoms with Crippen molar-refractivity contribution in [3.8, 4) is 0 Å². The number of rotatable bonds is 6. The minimum Gasteiger partial charge on any atom is -0.481 e. The molecule has 0 radical (unpaired) electrons. The van der Waals surface area contributed by atoms with Crippen LogP contribution in [0.1, 0.15) is 43.2 Å². The summed E-state index contributed by atoms with van der Waals surface area (Å²) in [6.45, 7) is 0. The third-order valence-corrected chi connectivity index (χ3v) is 8.62. The Kier molecular flexibility index (Phi) is 6.15. The van der Waals surface area contributed by atoms with Crippen molar-refractivity contribution >= 4 is 33.3 Å². The molecule has 2 N–H and O–H groups in total. The first-order valence-corrected chi connectivity index (χ1v) is 12.9. The lowest BCUT2D eigenvalue weighted by atomic mass is 9.60. The summed E-state index contributed by atoms with van der Waals surface area (Å²) in [6, 6.07) is 27.7. The molecular weight excluding hydrogens is 488 g/mol. The standard InChI is InChI=1S/C29H31BrN2O2/c1-32-26-13-6-5-12-25(26)28(17-15-22(16-18-28)27(33)34)29(32,19-14-21-8-3-2-4-9-21)31-24-11-7-10-23(30)20-24/h2-13,20,22,31H,14-19H2,1H3,(H,33,34). The van der Waals surface area contributed by atoms with E-state index >= 15 is 0 Å². The van der Waals surface area contributed by atoms with E-state index in [-0.39, 0.29) is 17.0 Å². The topological polar surface area (TPSA) is 52.6 Å². The number of nitrogens with zero attached hydrogens (tertiary/aromatic N) is 1. The smallest absolute Gasteiger partial charge is 0.306 e. The molecule has 5 heteroatoms. The van der Waals surface area contributed by atoms with Gasteiger partial charge >= 0.3 is 5.97 Å². The van der Waals surface area contributed by atoms with Crippen molar-refractivity contribution < 1.29 is 9.90 Å². The summed E-state index contributed by atoms with van der Waals surface area (Å²) >= 11 is 3.64. The van der Waals surface area contributed by atoms with Crippen LogP contribution >= 0.6 is 15.9 Å². The fourth-order valence-corrected chi connectivity index (χ4v) is 6.81. The second-order valence-electron chi connectivity index (χ2n) is 9.75. The van der Waals surface area contributed by atoms with Crippen molar-refractivity contribution in [1.29, 1.82) is 0 Å². The van der Waals surface area contributed by atoms with E-state index in [2.05, 4.69) is 106 Å². The number of anilines is 2. The van der Waals surface area contributed by atoms with Gasteiger partial charge in [0, 0.05) is 28.3 Å². The predicted molar refractivity (Wildman–Crippen MR) is 141 cm³/mol. The number of carboxylic acid groups (broad SMARTS) is 1. The lowest BCUT2D eigenvalue weighted by Gasteiger charge is -2.53. The zero-order chi connectivity index (χ0) is 23.8. The molecule has 1 fully saturated rings. The molecule has 2 aliphatic rings. The van der Waals surface area contributed by atoms with Gasteiger partial charge in [0.05, 0.1) is 5.92 Å². The number of carboxylic acids is 1. The average molecular weight is 519 g/mol. The molecule has 1 aliphatic heterocycles. The van der Waals surface area contributed by atoms with Crippen LogP contribution in [0.2, 0.25) is 0 Å². The van der Waals surface area contributed by atoms with Crippen molar-refractivity contribution in [3.05, 3.63) is 94.5 Å². The van der Waals surface area contributed by atoms with Crippen molar-refractivity contribution in [2.24, 2.45) is 5.92 Å². The minimum absolute atomic E-state index is 0.179. The molecule has 1 heterocycles. The number of benzene rings is 3. The Morgan fingerprint density at radius 3 is 2.44 bits per heavy atom. The van der Waals surface area contributed by atoms with Gasteiger partial charge in [0.25, 0.3) is 0 Å². The van der Waals surface area contributed by atoms with E-state index in [1.807, 2.05) is 6.07 Å². The number of likely N-dealkylation sites (N-methyl/N-ethyl adjacent to an activating group) is 1. The molecule has 1 atom stereocenters. The first-order chi connectivity index (χ1) is 16.4. The Bertz CT molecular complexity index is 1170. The SMILES string of the molecule is CN1c2ccccc2C2(CCC(C(=O)O)CC2)C1(CCc1ccccc1)Nc1cccc(Br)c1. The Labute approximate surface area is 210 Å². The highest BCUT2D eigenvalue weighted by Gasteiger charge is 2.61. The molecule has 0 amide bonds. The predicted octanol–water partition coefficient (Wildman–Crippen LogP) is 6.85. The molecule has 0 saturated heterocycles. The quantitative estimate of drug-likeness (QED) is 0.374. The van der Waals surface area contributed by atoms with Gasteiger partial charge < -0.3 is 15.3 Å². The van der Waals surface area contributed by atoms with Crippen molar-refractivity contribution in [2.45, 2.75) is 49.6 Å². The van der Waals surface area contributed by atoms with Crippen LogP contribution in [0.5, 0.6) is 0 Å². The Morgan fingerprint density at radius 1 is 1.03 bits per heavy atom. The summed E-state index contributed by atoms with van der Waals surface area (Å²) in [5, 5.41) is 13.7. The van der Waals surface area contributed by atoms with Gasteiger partial charge in [-0.2, -0.15) is 0 Å². The Balaban J connectivity index is 1.63. The van der Waals surface area contributed by atoms with Crippen molar-refractivity contribution in [1.82, 2.24) is 0 Å². The summed E-state index contributed by atoms with van der Waals surface area (Å²) in [6.07, 6.45) is 4.94. The molecule has 1 unspecified atom stereocenters. The van der Waals surface area contributed by atoms with Gasteiger partial charge in [-0.05, 0) is 73.9 Å². The van der Waals surface area contributed by atoms with Crippen LogP contribution in [0.15, 0.2) is 83.3 Å². The highest BCUT2D eigenvalue weighted by molar-refractivity contribution is 9.10. The van der Waals surface area contributed by atoms with Crippen LogP contribution in [0, 0.1) is 5.92 Å². The maximum Gasteiger partial charge on any atom is 0.306 e. The molecule has 3 aromatic rings. The molecule has 3 aromatic carbocycles. The maximum atomic E-state index is 11.8. The molecule has 34 heavy (non-hydrogen) atoms. The van der Waals surface area contributed by atoms with Crippen LogP contribution < -0.4 is 10.2 Å². The third-order valence-electron chi connectivity index (χ3n) is 8.13. The number of fused-ring (bicyclic) bond motifs is 2. The number of aryl methyl sites for hydroxylation is 1. The first-order valence-electron chi connectivity index (χ1n) is 12.1. The van der Waals surface area contributed by atoms with Crippen molar-refractivity contribution in [2.75, 3.05) is 17.3 Å². The molecule has 0 aromatic heterocycles. The summed E-state index contributed by atoms with van der Waals surface area (Å²) < 4.78 is 1.04. The Morgan fingerprint density at radius 2 is 1.74 bits per heavy atom. The number of carbonyl (C=O) groups is 1. The summed E-state index contributed by atoms with van der Waals surface area (Å²) in [5.41, 5.74) is 4.42. The first kappa shape index (κ1) is 23.0. The number of para-hydroxylation sites is 1. The summed E-state index contributed by atoms with van der Waals surface area (Å²) in [5.74, 6) is -0.925. The molecule has 5 rings (SSSR count). The minimum atomic E-state index is -0.663. The summed E-state index contributed by atoms with van der Waals surface area (Å²) in [4.78, 5) is 14.3. The fourth-order valence-electron chi connectivity index (χ4n) is 6.41. The second kappa shape index (κ2) is 9.10. The highest BCUT2D eigenvalue weighted by Crippen LogP contribution is 2.60. The van der Waals surface area contributed by atoms with E-state index in [0.717, 1.165) is 35.8 Å². The van der Waals surface area contributed by atoms with Gasteiger partial charge in [-0.3, -0.25) is 4.79 Å². The van der Waals surface area contributed by atoms with E-state index in [9.17, 15) is 9.90 Å². The van der Waals surface area contributed by atoms with E-state index < -0.39 is 5.97 Å². The van der Waals surface area contributed by atoms with Crippen LogP contribution in [0.4, 0.5) is 11.4 Å². The van der Waals surface area contributed by atoms with Gasteiger partial charge in [-0.1, -0.05) is 70.5 Å². The average Bonchev–Trinajstić information content (AvgIpc) is 3.04. The van der Waals surface area contributed by atoms with Gasteiger partial charge in [-0.25, -0.2) is 0 Å². The number of nitrogens with one attached hydrogen (secondary N) is 1. The van der Waals surface area contributed by atoms with Crippen LogP contribution in [-0.2, 0) is 16.6 Å². The third kappa shape index (κ3) is 3.80. The van der Waals surface area contributed by atoms with Crippen molar-refractivity contribution in [3.63, 3.8) is 0 Å². The van der Waals surface area contributed by atoms with Crippen LogP contribution in [0.3, 0.4) is 0 Å². The lowest BCUT2D eigenvalue weighted by Crippen LogP contribution is -2.63. The molecule has 1 saturated carbocycles. The lowest BCUT2D eigenvalue weighted by molar-refractivity contribution is -0.143. The number of hydrogen-bond donors (Lipinski definition) is 2. The van der Waals surface area contributed by atoms with Gasteiger partial charge in [0.15, 0.2) is 0 Å². The maximum absolute atomic E-state index is 11.8. The van der Waals surface area contributed by atoms with Crippen LogP contribution in [0.25, 0.3) is 0 Å². The molecule has 176 valence electrons. The number of halogens is 1. The van der Waals surface area contributed by atoms with E-state index in [1.54, 1.807) is 0 Å². The fraction of sp³-hybridized carbons (Fsp3) is 0.345. The monoisotopic (exact) mass is 518 g/mol.